The van der Waals surface area contributed by atoms with Crippen LogP contribution in [0.15, 0.2) is 54.7 Å². The van der Waals surface area contributed by atoms with Crippen LogP contribution in [0.4, 0.5) is 0 Å². The summed E-state index contributed by atoms with van der Waals surface area (Å²) in [6.07, 6.45) is 2.19. The summed E-state index contributed by atoms with van der Waals surface area (Å²) >= 11 is 0. The fraction of sp³-hybridized carbons (Fsp3) is 0.346. The van der Waals surface area contributed by atoms with Gasteiger partial charge in [0.25, 0.3) is 5.91 Å². The Labute approximate surface area is 197 Å². The zero-order valence-corrected chi connectivity index (χ0v) is 19.3. The van der Waals surface area contributed by atoms with Crippen LogP contribution < -0.4 is 16.4 Å². The molecule has 0 bridgehead atoms. The van der Waals surface area contributed by atoms with Crippen molar-refractivity contribution in [3.63, 3.8) is 0 Å². The Balaban J connectivity index is 1.39. The van der Waals surface area contributed by atoms with Crippen LogP contribution in [0.3, 0.4) is 0 Å². The number of piperazine rings is 1. The van der Waals surface area contributed by atoms with Crippen LogP contribution in [0.25, 0.3) is 10.9 Å². The lowest BCUT2D eigenvalue weighted by molar-refractivity contribution is -0.131. The minimum absolute atomic E-state index is 0.0554. The van der Waals surface area contributed by atoms with E-state index in [9.17, 15) is 14.4 Å². The number of amides is 2. The smallest absolute Gasteiger partial charge is 0.254 e. The van der Waals surface area contributed by atoms with Crippen LogP contribution in [0.1, 0.15) is 41.4 Å². The molecule has 2 unspecified atom stereocenters. The molecule has 1 fully saturated rings. The van der Waals surface area contributed by atoms with Gasteiger partial charge in [-0.05, 0) is 37.1 Å². The number of nitrogens with zero attached hydrogens (tertiary/aromatic N) is 1. The highest BCUT2D eigenvalue weighted by atomic mass is 16.2. The lowest BCUT2D eigenvalue weighted by Crippen LogP contribution is -2.61. The van der Waals surface area contributed by atoms with Gasteiger partial charge in [-0.15, -0.1) is 0 Å². The first-order valence-electron chi connectivity index (χ1n) is 11.6. The molecule has 1 saturated heterocycles. The Morgan fingerprint density at radius 2 is 1.91 bits per heavy atom. The molecule has 0 spiro atoms. The number of aromatic nitrogens is 1. The third-order valence-electron chi connectivity index (χ3n) is 6.80. The highest BCUT2D eigenvalue weighted by Gasteiger charge is 2.43. The van der Waals surface area contributed by atoms with Gasteiger partial charge in [-0.2, -0.15) is 0 Å². The van der Waals surface area contributed by atoms with Crippen molar-refractivity contribution in [1.29, 1.82) is 0 Å². The van der Waals surface area contributed by atoms with Crippen molar-refractivity contribution in [1.82, 2.24) is 20.5 Å². The van der Waals surface area contributed by atoms with E-state index in [1.165, 1.54) is 0 Å². The number of carbonyl (C=O) groups is 3. The Bertz CT molecular complexity index is 1270. The quantitative estimate of drug-likeness (QED) is 0.447. The topological polar surface area (TPSA) is 120 Å². The van der Waals surface area contributed by atoms with E-state index in [-0.39, 0.29) is 24.3 Å². The molecule has 8 nitrogen and oxygen atoms in total. The predicted molar refractivity (Wildman–Crippen MR) is 129 cm³/mol. The zero-order valence-electron chi connectivity index (χ0n) is 19.3. The van der Waals surface area contributed by atoms with Crippen LogP contribution >= 0.6 is 0 Å². The van der Waals surface area contributed by atoms with E-state index in [0.29, 0.717) is 18.5 Å². The van der Waals surface area contributed by atoms with Gasteiger partial charge in [0, 0.05) is 42.2 Å². The third kappa shape index (κ3) is 3.89. The summed E-state index contributed by atoms with van der Waals surface area (Å²) < 4.78 is 0. The molecule has 3 atom stereocenters. The monoisotopic (exact) mass is 459 g/mol. The first-order chi connectivity index (χ1) is 16.2. The number of H-pyrrole nitrogens is 1. The third-order valence-corrected chi connectivity index (χ3v) is 6.80. The van der Waals surface area contributed by atoms with Crippen molar-refractivity contribution in [2.75, 3.05) is 13.1 Å². The number of hydrogen-bond donors (Lipinski definition) is 4. The van der Waals surface area contributed by atoms with Crippen molar-refractivity contribution < 1.29 is 14.4 Å². The summed E-state index contributed by atoms with van der Waals surface area (Å²) in [5.74, 6) is -0.616. The molecule has 8 heteroatoms. The molecule has 2 amide bonds. The molecule has 5 rings (SSSR count). The van der Waals surface area contributed by atoms with E-state index >= 15 is 0 Å². The van der Waals surface area contributed by atoms with Crippen molar-refractivity contribution in [3.8, 4) is 0 Å². The Morgan fingerprint density at radius 1 is 1.18 bits per heavy atom. The number of fused-ring (bicyclic) bond motifs is 4. The SMILES string of the molecule is CC(C)(N)C(=O)N[C@H](Cc1c[nH]c2ccccc12)C(=O)C1CN2C(=O)c3ccccc3C2CN1. The van der Waals surface area contributed by atoms with Crippen molar-refractivity contribution in [3.05, 3.63) is 71.4 Å². The van der Waals surface area contributed by atoms with Crippen LogP contribution in [-0.2, 0) is 16.0 Å². The number of Topliss-reactive ketones (excluding diaryl/α,β-unsaturated/α-hetero) is 1. The van der Waals surface area contributed by atoms with E-state index in [2.05, 4.69) is 15.6 Å². The highest BCUT2D eigenvalue weighted by Crippen LogP contribution is 2.35. The second kappa shape index (κ2) is 8.38. The van der Waals surface area contributed by atoms with Gasteiger partial charge in [0.05, 0.1) is 23.7 Å². The maximum atomic E-state index is 13.7. The molecule has 0 aliphatic carbocycles. The molecule has 2 aliphatic heterocycles. The molecular weight excluding hydrogens is 430 g/mol. The number of para-hydroxylation sites is 1. The van der Waals surface area contributed by atoms with Gasteiger partial charge < -0.3 is 26.3 Å². The maximum absolute atomic E-state index is 13.7. The van der Waals surface area contributed by atoms with Gasteiger partial charge in [-0.1, -0.05) is 36.4 Å². The van der Waals surface area contributed by atoms with Crippen LogP contribution in [0.5, 0.6) is 0 Å². The van der Waals surface area contributed by atoms with E-state index in [4.69, 9.17) is 5.73 Å². The number of nitrogens with one attached hydrogen (secondary N) is 3. The molecule has 3 heterocycles. The van der Waals surface area contributed by atoms with Gasteiger partial charge in [0.1, 0.15) is 0 Å². The summed E-state index contributed by atoms with van der Waals surface area (Å²) in [6, 6.07) is 13.9. The van der Waals surface area contributed by atoms with E-state index in [1.54, 1.807) is 18.7 Å². The fourth-order valence-corrected chi connectivity index (χ4v) is 4.91. The molecule has 176 valence electrons. The highest BCUT2D eigenvalue weighted by molar-refractivity contribution is 6.01. The van der Waals surface area contributed by atoms with E-state index < -0.39 is 23.5 Å². The molecule has 1 aromatic heterocycles. The number of nitrogens with two attached hydrogens (primary N) is 1. The molecule has 3 aromatic rings. The van der Waals surface area contributed by atoms with Gasteiger partial charge >= 0.3 is 0 Å². The number of hydrogen-bond acceptors (Lipinski definition) is 5. The summed E-state index contributed by atoms with van der Waals surface area (Å²) in [7, 11) is 0. The van der Waals surface area contributed by atoms with Crippen LogP contribution in [0, 0.1) is 0 Å². The molecule has 2 aromatic carbocycles. The Kier molecular flexibility index (Phi) is 5.50. The van der Waals surface area contributed by atoms with Gasteiger partial charge in [0.15, 0.2) is 5.78 Å². The molecule has 5 N–H and O–H groups in total. The number of ketones is 1. The summed E-state index contributed by atoms with van der Waals surface area (Å²) in [5, 5.41) is 7.20. The molecule has 0 radical (unpaired) electrons. The van der Waals surface area contributed by atoms with Crippen LogP contribution in [-0.4, -0.2) is 58.2 Å². The van der Waals surface area contributed by atoms with Gasteiger partial charge in [-0.25, -0.2) is 0 Å². The number of benzene rings is 2. The number of carbonyl (C=O) groups excluding carboxylic acids is 3. The molecule has 0 saturated carbocycles. The van der Waals surface area contributed by atoms with Crippen molar-refractivity contribution in [2.45, 2.75) is 43.9 Å². The second-order valence-electron chi connectivity index (χ2n) is 9.74. The maximum Gasteiger partial charge on any atom is 0.254 e. The Hall–Kier alpha value is -3.49. The average molecular weight is 460 g/mol. The van der Waals surface area contributed by atoms with Crippen LogP contribution in [0.2, 0.25) is 0 Å². The minimum atomic E-state index is -1.13. The molecular formula is C26H29N5O3. The van der Waals surface area contributed by atoms with Crippen molar-refractivity contribution >= 4 is 28.5 Å². The standard InChI is InChI=1S/C26H29N5O3/c1-26(2,27)25(34)30-20(11-15-12-28-19-10-6-5-7-16(15)19)23(32)21-14-31-22(13-29-21)17-8-3-4-9-18(17)24(31)33/h3-10,12,20-22,28-29H,11,13-14,27H2,1-2H3,(H,30,34)/t20-,21?,22?/m1/s1. The van der Waals surface area contributed by atoms with Gasteiger partial charge in [0.2, 0.25) is 5.91 Å². The summed E-state index contributed by atoms with van der Waals surface area (Å²) in [5.41, 5.74) is 8.46. The fourth-order valence-electron chi connectivity index (χ4n) is 4.91. The Morgan fingerprint density at radius 3 is 2.71 bits per heavy atom. The van der Waals surface area contributed by atoms with E-state index in [0.717, 1.165) is 22.0 Å². The van der Waals surface area contributed by atoms with Gasteiger partial charge in [-0.3, -0.25) is 14.4 Å². The summed E-state index contributed by atoms with van der Waals surface area (Å²) in [4.78, 5) is 44.4. The number of rotatable bonds is 6. The zero-order chi connectivity index (χ0) is 24.0. The average Bonchev–Trinajstić information content (AvgIpc) is 3.36. The summed E-state index contributed by atoms with van der Waals surface area (Å²) in [6.45, 7) is 3.96. The van der Waals surface area contributed by atoms with Crippen molar-refractivity contribution in [2.24, 2.45) is 5.73 Å². The minimum Gasteiger partial charge on any atom is -0.361 e. The molecule has 34 heavy (non-hydrogen) atoms. The molecule has 2 aliphatic rings. The normalized spacial score (nSPS) is 20.7. The van der Waals surface area contributed by atoms with E-state index in [1.807, 2.05) is 54.7 Å². The lowest BCUT2D eigenvalue weighted by atomic mass is 9.94. The number of aromatic amines is 1. The first kappa shape index (κ1) is 22.3. The first-order valence-corrected chi connectivity index (χ1v) is 11.6. The lowest BCUT2D eigenvalue weighted by Gasteiger charge is -2.37. The largest absolute Gasteiger partial charge is 0.361 e. The second-order valence-corrected chi connectivity index (χ2v) is 9.74. The predicted octanol–water partition coefficient (Wildman–Crippen LogP) is 1.67.